The molecule has 11 heavy (non-hydrogen) atoms. The number of nitrogens with one attached hydrogen (secondary N) is 1. The summed E-state index contributed by atoms with van der Waals surface area (Å²) < 4.78 is 0. The Morgan fingerprint density at radius 1 is 1.55 bits per heavy atom. The van der Waals surface area contributed by atoms with Crippen molar-refractivity contribution < 1.29 is 4.79 Å². The number of likely N-dealkylation sites (N-methyl/N-ethyl adjacent to an activating group) is 1. The molecule has 1 aliphatic rings. The molecule has 2 nitrogen and oxygen atoms in total. The number of Topliss-reactive ketones (excluding diaryl/α,β-unsaturated/α-hetero) is 1. The van der Waals surface area contributed by atoms with Crippen molar-refractivity contribution in [3.05, 3.63) is 0 Å². The molecule has 1 aliphatic carbocycles. The van der Waals surface area contributed by atoms with Crippen LogP contribution in [0.5, 0.6) is 0 Å². The number of ketones is 1. The van der Waals surface area contributed by atoms with Crippen LogP contribution in [0.25, 0.3) is 0 Å². The molecule has 0 atom stereocenters. The third kappa shape index (κ3) is 1.29. The molecule has 0 aromatic rings. The molecule has 0 heterocycles. The predicted octanol–water partition coefficient (Wildman–Crippen LogP) is 0.721. The number of terminal acetylenes is 1. The highest BCUT2D eigenvalue weighted by atomic mass is 16.1. The smallest absolute Gasteiger partial charge is 0.225 e. The zero-order valence-corrected chi connectivity index (χ0v) is 6.81. The number of rotatable bonds is 2. The average Bonchev–Trinajstić information content (AvgIpc) is 2.52. The van der Waals surface area contributed by atoms with E-state index < -0.39 is 0 Å². The van der Waals surface area contributed by atoms with E-state index in [0.29, 0.717) is 0 Å². The van der Waals surface area contributed by atoms with Crippen molar-refractivity contribution >= 4 is 5.78 Å². The fraction of sp³-hybridized carbons (Fsp3) is 0.667. The SMILES string of the molecule is C#CC(=O)C1(NC)CCCC1. The van der Waals surface area contributed by atoms with Crippen molar-refractivity contribution in [2.45, 2.75) is 31.2 Å². The maximum absolute atomic E-state index is 11.3. The second-order valence-corrected chi connectivity index (χ2v) is 3.01. The van der Waals surface area contributed by atoms with Gasteiger partial charge in [-0.25, -0.2) is 0 Å². The Kier molecular flexibility index (Phi) is 2.31. The summed E-state index contributed by atoms with van der Waals surface area (Å²) in [6.45, 7) is 0. The predicted molar refractivity (Wildman–Crippen MR) is 44.1 cm³/mol. The van der Waals surface area contributed by atoms with Gasteiger partial charge in [0.1, 0.15) is 0 Å². The lowest BCUT2D eigenvalue weighted by Gasteiger charge is -2.23. The van der Waals surface area contributed by atoms with Gasteiger partial charge in [0.15, 0.2) is 0 Å². The molecule has 2 heteroatoms. The molecule has 0 radical (unpaired) electrons. The lowest BCUT2D eigenvalue weighted by atomic mass is 9.93. The number of carbonyl (C=O) groups excluding carboxylic acids is 1. The van der Waals surface area contributed by atoms with Crippen LogP contribution in [-0.4, -0.2) is 18.4 Å². The van der Waals surface area contributed by atoms with Crippen LogP contribution in [-0.2, 0) is 4.79 Å². The first-order valence-corrected chi connectivity index (χ1v) is 3.95. The van der Waals surface area contributed by atoms with Crippen LogP contribution >= 0.6 is 0 Å². The minimum Gasteiger partial charge on any atom is -0.307 e. The zero-order valence-electron chi connectivity index (χ0n) is 6.81. The Morgan fingerprint density at radius 2 is 2.09 bits per heavy atom. The van der Waals surface area contributed by atoms with E-state index in [-0.39, 0.29) is 11.3 Å². The van der Waals surface area contributed by atoms with Gasteiger partial charge in [-0.1, -0.05) is 12.8 Å². The van der Waals surface area contributed by atoms with E-state index in [1.54, 1.807) is 7.05 Å². The van der Waals surface area contributed by atoms with Crippen LogP contribution in [0.2, 0.25) is 0 Å². The molecule has 0 aliphatic heterocycles. The van der Waals surface area contributed by atoms with Crippen LogP contribution in [0.1, 0.15) is 25.7 Å². The zero-order chi connectivity index (χ0) is 8.32. The molecule has 0 amide bonds. The normalized spacial score (nSPS) is 21.1. The highest BCUT2D eigenvalue weighted by Gasteiger charge is 2.38. The summed E-state index contributed by atoms with van der Waals surface area (Å²) >= 11 is 0. The quantitative estimate of drug-likeness (QED) is 0.465. The van der Waals surface area contributed by atoms with Gasteiger partial charge in [-0.2, -0.15) is 0 Å². The molecule has 0 aromatic heterocycles. The molecule has 1 saturated carbocycles. The van der Waals surface area contributed by atoms with E-state index >= 15 is 0 Å². The van der Waals surface area contributed by atoms with Crippen molar-refractivity contribution in [2.24, 2.45) is 0 Å². The maximum Gasteiger partial charge on any atom is 0.225 e. The Balaban J connectivity index is 2.76. The van der Waals surface area contributed by atoms with Gasteiger partial charge in [-0.3, -0.25) is 4.79 Å². The van der Waals surface area contributed by atoms with Gasteiger partial charge in [-0.15, -0.1) is 6.42 Å². The molecule has 0 aromatic carbocycles. The molecule has 1 fully saturated rings. The summed E-state index contributed by atoms with van der Waals surface area (Å²) in [5.41, 5.74) is -0.380. The van der Waals surface area contributed by atoms with Gasteiger partial charge in [0, 0.05) is 0 Å². The fourth-order valence-corrected chi connectivity index (χ4v) is 1.71. The van der Waals surface area contributed by atoms with Crippen LogP contribution in [0.3, 0.4) is 0 Å². The highest BCUT2D eigenvalue weighted by molar-refractivity contribution is 6.02. The van der Waals surface area contributed by atoms with Gasteiger partial charge in [0.05, 0.1) is 5.54 Å². The Bertz CT molecular complexity index is 196. The second-order valence-electron chi connectivity index (χ2n) is 3.01. The standard InChI is InChI=1S/C9H13NO/c1-3-8(11)9(10-2)6-4-5-7-9/h1,10H,4-7H2,2H3. The van der Waals surface area contributed by atoms with E-state index in [0.717, 1.165) is 25.7 Å². The lowest BCUT2D eigenvalue weighted by molar-refractivity contribution is -0.119. The Morgan fingerprint density at radius 3 is 2.45 bits per heavy atom. The molecule has 60 valence electrons. The molecule has 1 rings (SSSR count). The maximum atomic E-state index is 11.3. The van der Waals surface area contributed by atoms with Crippen LogP contribution < -0.4 is 5.32 Å². The van der Waals surface area contributed by atoms with Crippen molar-refractivity contribution in [1.29, 1.82) is 0 Å². The van der Waals surface area contributed by atoms with Crippen LogP contribution in [0.15, 0.2) is 0 Å². The summed E-state index contributed by atoms with van der Waals surface area (Å²) in [4.78, 5) is 11.3. The summed E-state index contributed by atoms with van der Waals surface area (Å²) in [7, 11) is 1.81. The van der Waals surface area contributed by atoms with Crippen molar-refractivity contribution in [2.75, 3.05) is 7.05 Å². The summed E-state index contributed by atoms with van der Waals surface area (Å²) in [6, 6.07) is 0. The van der Waals surface area contributed by atoms with Crippen LogP contribution in [0.4, 0.5) is 0 Å². The van der Waals surface area contributed by atoms with Gasteiger partial charge >= 0.3 is 0 Å². The first kappa shape index (κ1) is 8.29. The summed E-state index contributed by atoms with van der Waals surface area (Å²) in [5.74, 6) is 2.11. The van der Waals surface area contributed by atoms with Gasteiger partial charge < -0.3 is 5.32 Å². The number of carbonyl (C=O) groups is 1. The third-order valence-corrected chi connectivity index (χ3v) is 2.50. The van der Waals surface area contributed by atoms with E-state index in [9.17, 15) is 4.79 Å². The fourth-order valence-electron chi connectivity index (χ4n) is 1.71. The van der Waals surface area contributed by atoms with Crippen molar-refractivity contribution in [3.8, 4) is 12.3 Å². The van der Waals surface area contributed by atoms with Gasteiger partial charge in [0.2, 0.25) is 5.78 Å². The van der Waals surface area contributed by atoms with E-state index in [1.165, 1.54) is 0 Å². The summed E-state index contributed by atoms with van der Waals surface area (Å²) in [5, 5.41) is 3.04. The first-order chi connectivity index (χ1) is 5.25. The lowest BCUT2D eigenvalue weighted by Crippen LogP contribution is -2.47. The van der Waals surface area contributed by atoms with Crippen molar-refractivity contribution in [1.82, 2.24) is 5.32 Å². The summed E-state index contributed by atoms with van der Waals surface area (Å²) in [6.07, 6.45) is 9.07. The number of hydrogen-bond donors (Lipinski definition) is 1. The molecule has 0 unspecified atom stereocenters. The monoisotopic (exact) mass is 151 g/mol. The molecule has 0 bridgehead atoms. The van der Waals surface area contributed by atoms with E-state index in [4.69, 9.17) is 6.42 Å². The molecule has 0 spiro atoms. The van der Waals surface area contributed by atoms with Gasteiger partial charge in [0.25, 0.3) is 0 Å². The first-order valence-electron chi connectivity index (χ1n) is 3.95. The molecular formula is C9H13NO. The molecule has 1 N–H and O–H groups in total. The largest absolute Gasteiger partial charge is 0.307 e. The second kappa shape index (κ2) is 3.06. The average molecular weight is 151 g/mol. The Hall–Kier alpha value is -0.810. The minimum atomic E-state index is -0.380. The van der Waals surface area contributed by atoms with E-state index in [2.05, 4.69) is 11.2 Å². The molecule has 0 saturated heterocycles. The minimum absolute atomic E-state index is 0.0856. The van der Waals surface area contributed by atoms with Crippen LogP contribution in [0, 0.1) is 12.3 Å². The third-order valence-electron chi connectivity index (χ3n) is 2.50. The van der Waals surface area contributed by atoms with E-state index in [1.807, 2.05) is 0 Å². The van der Waals surface area contributed by atoms with Crippen molar-refractivity contribution in [3.63, 3.8) is 0 Å². The van der Waals surface area contributed by atoms with Gasteiger partial charge in [-0.05, 0) is 25.8 Å². The number of hydrogen-bond acceptors (Lipinski definition) is 2. The molecular weight excluding hydrogens is 138 g/mol. The highest BCUT2D eigenvalue weighted by Crippen LogP contribution is 2.29. The topological polar surface area (TPSA) is 29.1 Å². The Labute approximate surface area is 67.4 Å².